The molecule has 0 aliphatic carbocycles. The number of carbonyl (C=O) groups is 2. The van der Waals surface area contributed by atoms with Gasteiger partial charge in [-0.25, -0.2) is 9.69 Å². The van der Waals surface area contributed by atoms with Crippen LogP contribution in [0.2, 0.25) is 0 Å². The maximum Gasteiger partial charge on any atom is 0.422 e. The van der Waals surface area contributed by atoms with Crippen LogP contribution in [-0.4, -0.2) is 30.6 Å². The highest BCUT2D eigenvalue weighted by Gasteiger charge is 2.35. The second kappa shape index (κ2) is 6.23. The summed E-state index contributed by atoms with van der Waals surface area (Å²) in [5, 5.41) is 0. The molecule has 5 heteroatoms. The second-order valence-corrected chi connectivity index (χ2v) is 4.46. The van der Waals surface area contributed by atoms with Crippen molar-refractivity contribution >= 4 is 18.1 Å². The lowest BCUT2D eigenvalue weighted by Crippen LogP contribution is -2.29. The number of nitrogens with zero attached hydrogens (tertiary/aromatic N) is 1. The number of rotatable bonds is 5. The molecule has 1 aliphatic heterocycles. The molecule has 0 radical (unpaired) electrons. The summed E-state index contributed by atoms with van der Waals surface area (Å²) >= 11 is 0. The number of amides is 2. The monoisotopic (exact) mass is 275 g/mol. The average molecular weight is 275 g/mol. The predicted octanol–water partition coefficient (Wildman–Crippen LogP) is 2.82. The smallest absolute Gasteiger partial charge is 0.422 e. The number of hydrogen-bond acceptors (Lipinski definition) is 4. The zero-order valence-electron chi connectivity index (χ0n) is 11.6. The highest BCUT2D eigenvalue weighted by molar-refractivity contribution is 6.09. The standard InChI is InChI=1S/C15H17NO4/c1-3-4-9-16-14(17)13(20-15(16)18)10-11-5-7-12(19-2)8-6-11/h5-8,10H,3-4,9H2,1-2H3/b13-10-. The van der Waals surface area contributed by atoms with Crippen molar-refractivity contribution in [3.05, 3.63) is 35.6 Å². The van der Waals surface area contributed by atoms with Crippen LogP contribution in [0.3, 0.4) is 0 Å². The number of cyclic esters (lactones) is 1. The summed E-state index contributed by atoms with van der Waals surface area (Å²) in [6.45, 7) is 2.40. The van der Waals surface area contributed by atoms with Gasteiger partial charge in [0.2, 0.25) is 0 Å². The van der Waals surface area contributed by atoms with Crippen molar-refractivity contribution in [1.29, 1.82) is 0 Å². The van der Waals surface area contributed by atoms with Crippen molar-refractivity contribution in [3.8, 4) is 5.75 Å². The number of unbranched alkanes of at least 4 members (excludes halogenated alkanes) is 1. The Morgan fingerprint density at radius 2 is 1.95 bits per heavy atom. The molecular formula is C15H17NO4. The zero-order valence-corrected chi connectivity index (χ0v) is 11.6. The summed E-state index contributed by atoms with van der Waals surface area (Å²) in [6.07, 6.45) is 2.65. The molecule has 5 nitrogen and oxygen atoms in total. The van der Waals surface area contributed by atoms with Crippen molar-refractivity contribution in [2.75, 3.05) is 13.7 Å². The van der Waals surface area contributed by atoms with Gasteiger partial charge in [-0.05, 0) is 30.2 Å². The van der Waals surface area contributed by atoms with E-state index in [9.17, 15) is 9.59 Å². The molecule has 0 aromatic heterocycles. The Bertz CT molecular complexity index is 533. The van der Waals surface area contributed by atoms with Crippen molar-refractivity contribution in [2.45, 2.75) is 19.8 Å². The minimum Gasteiger partial charge on any atom is -0.497 e. The van der Waals surface area contributed by atoms with Crippen LogP contribution < -0.4 is 4.74 Å². The molecule has 20 heavy (non-hydrogen) atoms. The lowest BCUT2D eigenvalue weighted by Gasteiger charge is -2.07. The van der Waals surface area contributed by atoms with Gasteiger partial charge in [0.25, 0.3) is 5.91 Å². The van der Waals surface area contributed by atoms with Gasteiger partial charge in [-0.2, -0.15) is 0 Å². The second-order valence-electron chi connectivity index (χ2n) is 4.46. The molecule has 2 amide bonds. The molecular weight excluding hydrogens is 258 g/mol. The van der Waals surface area contributed by atoms with Crippen LogP contribution in [0.1, 0.15) is 25.3 Å². The molecule has 0 unspecified atom stereocenters. The average Bonchev–Trinajstić information content (AvgIpc) is 2.72. The SMILES string of the molecule is CCCCN1C(=O)O/C(=C\c2ccc(OC)cc2)C1=O. The molecule has 0 saturated carbocycles. The third-order valence-corrected chi connectivity index (χ3v) is 3.02. The molecule has 1 aliphatic rings. The number of methoxy groups -OCH3 is 1. The normalized spacial score (nSPS) is 16.7. The quantitative estimate of drug-likeness (QED) is 0.775. The predicted molar refractivity (Wildman–Crippen MR) is 74.1 cm³/mol. The molecule has 0 atom stereocenters. The molecule has 1 heterocycles. The molecule has 106 valence electrons. The van der Waals surface area contributed by atoms with E-state index in [0.717, 1.165) is 29.1 Å². The Kier molecular flexibility index (Phi) is 4.40. The fourth-order valence-corrected chi connectivity index (χ4v) is 1.86. The Hall–Kier alpha value is -2.30. The zero-order chi connectivity index (χ0) is 14.5. The lowest BCUT2D eigenvalue weighted by atomic mass is 10.2. The molecule has 0 bridgehead atoms. The fraction of sp³-hybridized carbons (Fsp3) is 0.333. The summed E-state index contributed by atoms with van der Waals surface area (Å²) in [5.74, 6) is 0.419. The van der Waals surface area contributed by atoms with E-state index in [1.165, 1.54) is 0 Å². The van der Waals surface area contributed by atoms with Crippen LogP contribution >= 0.6 is 0 Å². The first-order valence-corrected chi connectivity index (χ1v) is 6.55. The van der Waals surface area contributed by atoms with E-state index in [-0.39, 0.29) is 11.7 Å². The summed E-state index contributed by atoms with van der Waals surface area (Å²) in [7, 11) is 1.58. The Labute approximate surface area is 117 Å². The van der Waals surface area contributed by atoms with Crippen LogP contribution in [0.4, 0.5) is 4.79 Å². The maximum absolute atomic E-state index is 12.0. The van der Waals surface area contributed by atoms with Crippen LogP contribution in [-0.2, 0) is 9.53 Å². The van der Waals surface area contributed by atoms with Gasteiger partial charge in [0.15, 0.2) is 5.76 Å². The van der Waals surface area contributed by atoms with Crippen molar-refractivity contribution in [3.63, 3.8) is 0 Å². The van der Waals surface area contributed by atoms with E-state index >= 15 is 0 Å². The van der Waals surface area contributed by atoms with Gasteiger partial charge >= 0.3 is 6.09 Å². The van der Waals surface area contributed by atoms with Crippen LogP contribution in [0.5, 0.6) is 5.75 Å². The first kappa shape index (κ1) is 14.1. The first-order valence-electron chi connectivity index (χ1n) is 6.55. The van der Waals surface area contributed by atoms with E-state index in [4.69, 9.17) is 9.47 Å². The summed E-state index contributed by atoms with van der Waals surface area (Å²) in [5.41, 5.74) is 0.777. The van der Waals surface area contributed by atoms with Crippen molar-refractivity contribution < 1.29 is 19.1 Å². The number of benzene rings is 1. The number of carbonyl (C=O) groups excluding carboxylic acids is 2. The van der Waals surface area contributed by atoms with Gasteiger partial charge in [0, 0.05) is 6.54 Å². The van der Waals surface area contributed by atoms with Crippen LogP contribution in [0.15, 0.2) is 30.0 Å². The van der Waals surface area contributed by atoms with Gasteiger partial charge in [-0.3, -0.25) is 4.79 Å². The van der Waals surface area contributed by atoms with E-state index in [1.54, 1.807) is 37.5 Å². The van der Waals surface area contributed by atoms with E-state index in [1.807, 2.05) is 6.92 Å². The minimum atomic E-state index is -0.594. The number of hydrogen-bond donors (Lipinski definition) is 0. The molecule has 1 saturated heterocycles. The summed E-state index contributed by atoms with van der Waals surface area (Å²) in [6, 6.07) is 7.15. The fourth-order valence-electron chi connectivity index (χ4n) is 1.86. The van der Waals surface area contributed by atoms with Crippen LogP contribution in [0.25, 0.3) is 6.08 Å². The van der Waals surface area contributed by atoms with Crippen LogP contribution in [0, 0.1) is 0 Å². The number of imide groups is 1. The molecule has 2 rings (SSSR count). The third-order valence-electron chi connectivity index (χ3n) is 3.02. The molecule has 0 N–H and O–H groups in total. The van der Waals surface area contributed by atoms with Gasteiger partial charge in [0.1, 0.15) is 5.75 Å². The van der Waals surface area contributed by atoms with E-state index < -0.39 is 6.09 Å². The van der Waals surface area contributed by atoms with Gasteiger partial charge in [-0.15, -0.1) is 0 Å². The van der Waals surface area contributed by atoms with E-state index in [2.05, 4.69) is 0 Å². The summed E-state index contributed by atoms with van der Waals surface area (Å²) in [4.78, 5) is 24.8. The van der Waals surface area contributed by atoms with E-state index in [0.29, 0.717) is 6.54 Å². The minimum absolute atomic E-state index is 0.0660. The number of ether oxygens (including phenoxy) is 2. The highest BCUT2D eigenvalue weighted by Crippen LogP contribution is 2.21. The Morgan fingerprint density at radius 3 is 2.55 bits per heavy atom. The molecule has 1 aromatic rings. The molecule has 0 spiro atoms. The highest BCUT2D eigenvalue weighted by atomic mass is 16.6. The van der Waals surface area contributed by atoms with Crippen molar-refractivity contribution in [2.24, 2.45) is 0 Å². The summed E-state index contributed by atoms with van der Waals surface area (Å²) < 4.78 is 10.1. The largest absolute Gasteiger partial charge is 0.497 e. The topological polar surface area (TPSA) is 55.8 Å². The first-order chi connectivity index (χ1) is 9.65. The van der Waals surface area contributed by atoms with Gasteiger partial charge < -0.3 is 9.47 Å². The maximum atomic E-state index is 12.0. The van der Waals surface area contributed by atoms with Gasteiger partial charge in [0.05, 0.1) is 7.11 Å². The molecule has 1 fully saturated rings. The Balaban J connectivity index is 2.14. The molecule has 1 aromatic carbocycles. The van der Waals surface area contributed by atoms with Crippen molar-refractivity contribution in [1.82, 2.24) is 4.90 Å². The Morgan fingerprint density at radius 1 is 1.25 bits per heavy atom. The van der Waals surface area contributed by atoms with Gasteiger partial charge in [-0.1, -0.05) is 25.5 Å². The third kappa shape index (κ3) is 2.99. The lowest BCUT2D eigenvalue weighted by molar-refractivity contribution is -0.123.